The minimum atomic E-state index is -0.362. The first-order chi connectivity index (χ1) is 13.2. The van der Waals surface area contributed by atoms with E-state index in [9.17, 15) is 4.48 Å². The molecular formula is C17H17FN8O. The molecule has 1 unspecified atom stereocenters. The number of nitrogens with zero attached hydrogens (tertiary/aromatic N) is 8. The fraction of sp³-hybridized carbons (Fsp3) is 0.353. The van der Waals surface area contributed by atoms with Crippen LogP contribution >= 0.6 is 0 Å². The van der Waals surface area contributed by atoms with Crippen molar-refractivity contribution in [3.8, 4) is 0 Å². The van der Waals surface area contributed by atoms with Gasteiger partial charge in [-0.05, 0) is 24.1 Å². The highest BCUT2D eigenvalue weighted by Crippen LogP contribution is 2.49. The summed E-state index contributed by atoms with van der Waals surface area (Å²) in [5, 5.41) is 12.7. The van der Waals surface area contributed by atoms with E-state index in [1.165, 1.54) is 6.20 Å². The van der Waals surface area contributed by atoms with Gasteiger partial charge in [-0.3, -0.25) is 0 Å². The maximum Gasteiger partial charge on any atom is 0.173 e. The molecule has 1 aromatic carbocycles. The molecular weight excluding hydrogens is 351 g/mol. The lowest BCUT2D eigenvalue weighted by Gasteiger charge is -2.42. The van der Waals surface area contributed by atoms with Crippen LogP contribution in [0, 0.1) is 0 Å². The number of fused-ring (bicyclic) bond motifs is 6. The normalized spacial score (nSPS) is 24.1. The van der Waals surface area contributed by atoms with Crippen LogP contribution in [0.4, 0.5) is 10.2 Å². The summed E-state index contributed by atoms with van der Waals surface area (Å²) in [7, 11) is 1.70. The van der Waals surface area contributed by atoms with E-state index in [0.29, 0.717) is 10.9 Å². The number of hydrazine groups is 1. The minimum Gasteiger partial charge on any atom is -0.372 e. The van der Waals surface area contributed by atoms with Gasteiger partial charge < -0.3 is 9.64 Å². The molecule has 0 spiro atoms. The van der Waals surface area contributed by atoms with Crippen LogP contribution in [0.25, 0.3) is 0 Å². The molecule has 4 heterocycles. The van der Waals surface area contributed by atoms with Gasteiger partial charge in [0, 0.05) is 12.7 Å². The van der Waals surface area contributed by atoms with E-state index < -0.39 is 0 Å². The molecule has 0 saturated heterocycles. The molecule has 6 rings (SSSR count). The lowest BCUT2D eigenvalue weighted by molar-refractivity contribution is 0.0678. The zero-order valence-electron chi connectivity index (χ0n) is 14.6. The highest BCUT2D eigenvalue weighted by molar-refractivity contribution is 5.74. The summed E-state index contributed by atoms with van der Waals surface area (Å²) in [6.45, 7) is 0.135. The number of rotatable bonds is 3. The van der Waals surface area contributed by atoms with E-state index >= 15 is 0 Å². The third kappa shape index (κ3) is 1.87. The highest BCUT2D eigenvalue weighted by Gasteiger charge is 2.51. The molecule has 1 saturated carbocycles. The lowest BCUT2D eigenvalue weighted by atomic mass is 10.1. The van der Waals surface area contributed by atoms with Crippen molar-refractivity contribution in [2.45, 2.75) is 24.6 Å². The standard InChI is InChI=1S/C17H17FN8O/c1-27-17(6-7-17)14-8-20-21-26(14)24-10-19-16-12-4-2-3-5-13(12)23-11-22(18)9-15(23)25(16)24/h2-5,8-10,16H,6-7,11H2,1H3. The van der Waals surface area contributed by atoms with E-state index in [2.05, 4.69) is 15.3 Å². The number of methoxy groups -OCH3 is 1. The summed E-state index contributed by atoms with van der Waals surface area (Å²) < 4.78 is 19.9. The molecule has 1 aromatic heterocycles. The second kappa shape index (κ2) is 4.97. The molecule has 3 aliphatic heterocycles. The third-order valence-electron chi connectivity index (χ3n) is 5.60. The Bertz CT molecular complexity index is 983. The van der Waals surface area contributed by atoms with Crippen LogP contribution in [0.5, 0.6) is 0 Å². The predicted octanol–water partition coefficient (Wildman–Crippen LogP) is 1.59. The Labute approximate surface area is 154 Å². The number of ether oxygens (including phenoxy) is 1. The number of benzene rings is 1. The monoisotopic (exact) mass is 368 g/mol. The number of aliphatic imine (C=N–C) groups is 1. The van der Waals surface area contributed by atoms with Crippen molar-refractivity contribution in [3.63, 3.8) is 0 Å². The average Bonchev–Trinajstić information content (AvgIpc) is 3.03. The van der Waals surface area contributed by atoms with E-state index in [-0.39, 0.29) is 18.4 Å². The molecule has 27 heavy (non-hydrogen) atoms. The number of hydrogen-bond donors (Lipinski definition) is 0. The fourth-order valence-corrected chi connectivity index (χ4v) is 4.07. The van der Waals surface area contributed by atoms with Crippen LogP contribution in [0.1, 0.15) is 30.3 Å². The summed E-state index contributed by atoms with van der Waals surface area (Å²) in [6, 6.07) is 7.93. The average molecular weight is 368 g/mol. The van der Waals surface area contributed by atoms with Gasteiger partial charge in [-0.2, -0.15) is 10.2 Å². The predicted molar refractivity (Wildman–Crippen MR) is 94.1 cm³/mol. The van der Waals surface area contributed by atoms with Crippen LogP contribution < -0.4 is 10.0 Å². The largest absolute Gasteiger partial charge is 0.372 e. The molecule has 10 heteroatoms. The van der Waals surface area contributed by atoms with E-state index in [1.54, 1.807) is 29.6 Å². The number of anilines is 1. The van der Waals surface area contributed by atoms with Crippen molar-refractivity contribution in [1.29, 1.82) is 0 Å². The molecule has 1 aliphatic carbocycles. The highest BCUT2D eigenvalue weighted by atomic mass is 19.2. The summed E-state index contributed by atoms with van der Waals surface area (Å²) in [5.74, 6) is 0.697. The maximum atomic E-state index is 14.2. The van der Waals surface area contributed by atoms with Crippen LogP contribution in [-0.4, -0.2) is 45.4 Å². The summed E-state index contributed by atoms with van der Waals surface area (Å²) >= 11 is 0. The van der Waals surface area contributed by atoms with Crippen LogP contribution in [0.2, 0.25) is 0 Å². The Morgan fingerprint density at radius 1 is 1.26 bits per heavy atom. The van der Waals surface area contributed by atoms with Crippen LogP contribution in [0.3, 0.4) is 0 Å². The van der Waals surface area contributed by atoms with Gasteiger partial charge in [-0.25, -0.2) is 10.0 Å². The minimum absolute atomic E-state index is 0.135. The molecule has 138 valence electrons. The zero-order chi connectivity index (χ0) is 18.2. The SMILES string of the molecule is COC1(c2cnnn2N2C=NC3c4ccccc4N4CN(F)C=C4N32)CC1. The van der Waals surface area contributed by atoms with Gasteiger partial charge in [0.15, 0.2) is 12.0 Å². The first kappa shape index (κ1) is 15.0. The summed E-state index contributed by atoms with van der Waals surface area (Å²) in [5.41, 5.74) is 2.47. The summed E-state index contributed by atoms with van der Waals surface area (Å²) in [4.78, 5) is 8.29. The second-order valence-electron chi connectivity index (χ2n) is 7.03. The quantitative estimate of drug-likeness (QED) is 0.762. The Kier molecular flexibility index (Phi) is 2.76. The Balaban J connectivity index is 1.48. The second-order valence-corrected chi connectivity index (χ2v) is 7.03. The van der Waals surface area contributed by atoms with Gasteiger partial charge in [0.05, 0.1) is 18.1 Å². The first-order valence-electron chi connectivity index (χ1n) is 8.81. The number of halogens is 1. The van der Waals surface area contributed by atoms with Crippen molar-refractivity contribution in [2.24, 2.45) is 4.99 Å². The smallest absolute Gasteiger partial charge is 0.173 e. The molecule has 0 bridgehead atoms. The molecule has 4 aliphatic rings. The molecule has 1 atom stereocenters. The Hall–Kier alpha value is -3.14. The van der Waals surface area contributed by atoms with Gasteiger partial charge in [-0.1, -0.05) is 22.7 Å². The van der Waals surface area contributed by atoms with Gasteiger partial charge in [0.25, 0.3) is 0 Å². The Morgan fingerprint density at radius 3 is 2.93 bits per heavy atom. The van der Waals surface area contributed by atoms with Crippen molar-refractivity contribution < 1.29 is 9.22 Å². The summed E-state index contributed by atoms with van der Waals surface area (Å²) in [6.07, 6.45) is 6.45. The molecule has 0 amide bonds. The van der Waals surface area contributed by atoms with E-state index in [4.69, 9.17) is 4.74 Å². The third-order valence-corrected chi connectivity index (χ3v) is 5.60. The van der Waals surface area contributed by atoms with Crippen molar-refractivity contribution in [2.75, 3.05) is 23.8 Å². The molecule has 0 N–H and O–H groups in total. The zero-order valence-corrected chi connectivity index (χ0v) is 14.6. The lowest BCUT2D eigenvalue weighted by Crippen LogP contribution is -2.52. The van der Waals surface area contributed by atoms with Crippen molar-refractivity contribution in [3.05, 3.63) is 53.7 Å². The van der Waals surface area contributed by atoms with Gasteiger partial charge in [-0.15, -0.1) is 9.89 Å². The number of para-hydroxylation sites is 1. The Morgan fingerprint density at radius 2 is 2.11 bits per heavy atom. The molecule has 2 aromatic rings. The van der Waals surface area contributed by atoms with E-state index in [1.807, 2.05) is 34.2 Å². The topological polar surface area (TPSA) is 65.3 Å². The van der Waals surface area contributed by atoms with E-state index in [0.717, 1.165) is 29.8 Å². The first-order valence-corrected chi connectivity index (χ1v) is 8.81. The van der Waals surface area contributed by atoms with Crippen LogP contribution in [-0.2, 0) is 10.3 Å². The molecule has 9 nitrogen and oxygen atoms in total. The van der Waals surface area contributed by atoms with Crippen LogP contribution in [0.15, 0.2) is 47.5 Å². The fourth-order valence-electron chi connectivity index (χ4n) is 4.07. The maximum absolute atomic E-state index is 14.2. The number of aromatic nitrogens is 3. The molecule has 0 radical (unpaired) electrons. The van der Waals surface area contributed by atoms with Crippen molar-refractivity contribution >= 4 is 12.0 Å². The van der Waals surface area contributed by atoms with Gasteiger partial charge >= 0.3 is 0 Å². The molecule has 1 fully saturated rings. The van der Waals surface area contributed by atoms with Gasteiger partial charge in [0.1, 0.15) is 24.3 Å². The van der Waals surface area contributed by atoms with Crippen molar-refractivity contribution in [1.82, 2.24) is 25.2 Å². The van der Waals surface area contributed by atoms with Gasteiger partial charge in [0.2, 0.25) is 0 Å². The number of hydrogen-bond acceptors (Lipinski definition) is 8.